The third-order valence-corrected chi connectivity index (χ3v) is 23.8. The van der Waals surface area contributed by atoms with Crippen LogP contribution in [0.25, 0.3) is 11.2 Å². The number of H-pyrrole nitrogens is 1. The molecule has 39 nitrogen and oxygen atoms in total. The van der Waals surface area contributed by atoms with E-state index in [1.807, 2.05) is 36.4 Å². The van der Waals surface area contributed by atoms with Crippen molar-refractivity contribution in [1.29, 1.82) is 0 Å². The number of rotatable bonds is 44. The lowest BCUT2D eigenvalue weighted by Crippen LogP contribution is -2.49. The summed E-state index contributed by atoms with van der Waals surface area (Å²) in [5.41, 5.74) is 2.78. The summed E-state index contributed by atoms with van der Waals surface area (Å²) in [6.07, 6.45) is -5.15. The fourth-order valence-corrected chi connectivity index (χ4v) is 17.0. The number of anilines is 3. The van der Waals surface area contributed by atoms with E-state index in [0.29, 0.717) is 94.1 Å². The maximum absolute atomic E-state index is 14.2. The molecule has 3 aliphatic heterocycles. The minimum absolute atomic E-state index is 0.00834. The molecule has 6 heterocycles. The van der Waals surface area contributed by atoms with Gasteiger partial charge in [-0.1, -0.05) is 98.6 Å². The first-order chi connectivity index (χ1) is 61.2. The van der Waals surface area contributed by atoms with Crippen molar-refractivity contribution in [2.24, 2.45) is 17.8 Å². The Morgan fingerprint density at radius 3 is 2.09 bits per heavy atom. The number of imidazole rings is 1. The highest BCUT2D eigenvalue weighted by atomic mass is 32.7. The van der Waals surface area contributed by atoms with E-state index < -0.39 is 140 Å². The normalized spacial score (nSPS) is 21.0. The Labute approximate surface area is 742 Å². The molecular formula is C84H105N13O26P2S2. The Morgan fingerprint density at radius 1 is 0.732 bits per heavy atom. The van der Waals surface area contributed by atoms with Crippen LogP contribution in [0.5, 0.6) is 5.88 Å². The molecule has 7 aromatic rings. The second-order valence-electron chi connectivity index (χ2n) is 30.3. The van der Waals surface area contributed by atoms with E-state index in [0.717, 1.165) is 17.5 Å². The van der Waals surface area contributed by atoms with Crippen molar-refractivity contribution >= 4 is 113 Å². The smallest absolute Gasteiger partial charge is 0.410 e. The largest absolute Gasteiger partial charge is 0.474 e. The third-order valence-electron chi connectivity index (χ3n) is 20.6. The molecule has 2 bridgehead atoms. The van der Waals surface area contributed by atoms with Gasteiger partial charge < -0.3 is 102 Å². The number of carbonyl (C=O) groups excluding carboxylic acids is 8. The van der Waals surface area contributed by atoms with Gasteiger partial charge in [-0.25, -0.2) is 24.3 Å². The molecule has 0 spiro atoms. The van der Waals surface area contributed by atoms with Crippen LogP contribution < -0.4 is 41.8 Å². The van der Waals surface area contributed by atoms with Crippen molar-refractivity contribution in [3.05, 3.63) is 166 Å². The molecule has 1 aliphatic carbocycles. The number of fused-ring (bicyclic) bond motifs is 6. The number of aromatic amines is 1. The maximum Gasteiger partial charge on any atom is 0.410 e. The van der Waals surface area contributed by atoms with E-state index >= 15 is 0 Å². The highest BCUT2D eigenvalue weighted by molar-refractivity contribution is 8.44. The summed E-state index contributed by atoms with van der Waals surface area (Å²) in [7, 11) is 3.06. The topological polar surface area (TPSA) is 479 Å². The van der Waals surface area contributed by atoms with Gasteiger partial charge in [0.15, 0.2) is 17.4 Å². The molecule has 43 heteroatoms. The number of carbonyl (C=O) groups is 8. The summed E-state index contributed by atoms with van der Waals surface area (Å²) in [5.74, 6) is -0.0554. The van der Waals surface area contributed by atoms with Crippen LogP contribution in [0.3, 0.4) is 0 Å². The predicted molar refractivity (Wildman–Crippen MR) is 464 cm³/mol. The second kappa shape index (κ2) is 48.5. The van der Waals surface area contributed by atoms with E-state index in [1.165, 1.54) is 42.0 Å². The number of benzene rings is 4. The molecule has 2 unspecified atom stereocenters. The molecule has 12 atom stereocenters. The number of thiol groups is 1. The van der Waals surface area contributed by atoms with Crippen LogP contribution >= 0.6 is 25.8 Å². The van der Waals surface area contributed by atoms with E-state index in [1.54, 1.807) is 86.5 Å². The van der Waals surface area contributed by atoms with Gasteiger partial charge in [0.25, 0.3) is 11.5 Å². The van der Waals surface area contributed by atoms with Crippen LogP contribution in [-0.4, -0.2) is 254 Å². The second-order valence-corrected chi connectivity index (χ2v) is 35.9. The van der Waals surface area contributed by atoms with Gasteiger partial charge in [0.05, 0.1) is 124 Å². The van der Waals surface area contributed by atoms with Gasteiger partial charge in [-0.05, 0) is 84.2 Å². The number of Topliss-reactive ketones (excluding diaryl/α,β-unsaturated/α-hetero) is 1. The molecule has 3 aromatic heterocycles. The fourth-order valence-electron chi connectivity index (χ4n) is 14.0. The number of ether oxygens (including phenoxy) is 10. The Bertz CT molecular complexity index is 5130. The molecule has 4 aliphatic rings. The number of ketones is 1. The van der Waals surface area contributed by atoms with Crippen molar-refractivity contribution in [2.45, 2.75) is 128 Å². The minimum Gasteiger partial charge on any atom is -0.474 e. The van der Waals surface area contributed by atoms with Crippen LogP contribution in [0.2, 0.25) is 0 Å². The number of nitrogens with one attached hydrogen (secondary N) is 6. The number of hydrogen-bond donors (Lipinski definition) is 9. The van der Waals surface area contributed by atoms with Crippen molar-refractivity contribution in [2.75, 3.05) is 135 Å². The lowest BCUT2D eigenvalue weighted by atomic mass is 9.88. The zero-order valence-electron chi connectivity index (χ0n) is 70.6. The Balaban J connectivity index is 0.633. The Hall–Kier alpha value is -9.90. The van der Waals surface area contributed by atoms with Gasteiger partial charge in [0.2, 0.25) is 41.4 Å². The maximum atomic E-state index is 14.2. The Morgan fingerprint density at radius 2 is 1.39 bits per heavy atom. The summed E-state index contributed by atoms with van der Waals surface area (Å²) in [4.78, 5) is 158. The standard InChI is InChI=1S/C84H105N13O26P2S2/c1-53(2)65(43-62(98)44-66(80(105)86-28-29-111-32-33-113-36-37-115-40-41-116-39-38-114-35-34-112-31-30-110-5)91-70(99)24-25-72(100)96-47-58-14-7-6-12-56(58)20-21-57-13-9-11-17-67(57)96)79(104)89-54(3)77(102)90-61-22-18-55(19-23-61)48-117-84(107)95(4)46-59-15-8-10-16-64(59)78(103)93-83-92-76-73(81(106)94-83)88-52-97(76)82-75-74(101)69(121-82)50-119-124(108,126)122-68-45-63(120-71-26-27-85-51-87-71)42-60(68)49-118-125(109,127)123-75/h6-19,22-23,26-27,51-54,60,63,65-66,68-69,74-75,82,101H,24-25,28-50H2,1-5H3,(H,86,105)(H,89,104)(H,90,102)(H,91,99)(H,108,126)(H,109,127)(H2,92,93,94,103,106)/t54-,60+,63+,65-,66-,68-,69+,74+,75+,82+,124?,125?/m0/s1. The minimum atomic E-state index is -4.40. The highest BCUT2D eigenvalue weighted by Crippen LogP contribution is 2.59. The first-order valence-electron chi connectivity index (χ1n) is 41.2. The average Bonchev–Trinajstić information content (AvgIpc) is 1.61. The predicted octanol–water partition coefficient (Wildman–Crippen LogP) is 6.26. The molecule has 127 heavy (non-hydrogen) atoms. The van der Waals surface area contributed by atoms with Crippen molar-refractivity contribution < 1.29 is 118 Å². The van der Waals surface area contributed by atoms with E-state index in [4.69, 9.17) is 77.3 Å². The number of amides is 7. The van der Waals surface area contributed by atoms with E-state index in [2.05, 4.69) is 75.6 Å². The Kier molecular flexibility index (Phi) is 37.3. The summed E-state index contributed by atoms with van der Waals surface area (Å²) in [6.45, 7) is 0.0686. The average molecular weight is 1840 g/mol. The van der Waals surface area contributed by atoms with Crippen molar-refractivity contribution in [3.8, 4) is 17.7 Å². The lowest BCUT2D eigenvalue weighted by molar-refractivity contribution is -0.134. The summed E-state index contributed by atoms with van der Waals surface area (Å²) in [6, 6.07) is 26.3. The van der Waals surface area contributed by atoms with Crippen LogP contribution in [0.1, 0.15) is 104 Å². The summed E-state index contributed by atoms with van der Waals surface area (Å²) < 4.78 is 94.6. The molecular weight excluding hydrogens is 1730 g/mol. The zero-order valence-corrected chi connectivity index (χ0v) is 74.1. The number of aromatic nitrogens is 6. The van der Waals surface area contributed by atoms with Gasteiger partial charge in [-0.15, -0.1) is 0 Å². The van der Waals surface area contributed by atoms with Gasteiger partial charge in [0.1, 0.15) is 55.2 Å². The van der Waals surface area contributed by atoms with Gasteiger partial charge in [-0.3, -0.25) is 57.7 Å². The van der Waals surface area contributed by atoms with Gasteiger partial charge in [0, 0.05) is 106 Å². The van der Waals surface area contributed by atoms with Crippen LogP contribution in [-0.2, 0) is 126 Å². The summed E-state index contributed by atoms with van der Waals surface area (Å²) >= 11 is 9.65. The number of nitrogens with zero attached hydrogens (tertiary/aromatic N) is 7. The van der Waals surface area contributed by atoms with Gasteiger partial charge >= 0.3 is 19.6 Å². The number of aliphatic hydroxyl groups is 1. The van der Waals surface area contributed by atoms with E-state index in [-0.39, 0.29) is 119 Å². The van der Waals surface area contributed by atoms with Crippen LogP contribution in [0, 0.1) is 29.6 Å². The molecule has 4 aromatic carbocycles. The summed E-state index contributed by atoms with van der Waals surface area (Å²) in [5, 5.41) is 25.1. The third kappa shape index (κ3) is 29.6. The number of methoxy groups -OCH3 is 1. The quantitative estimate of drug-likeness (QED) is 0.00880. The van der Waals surface area contributed by atoms with Crippen LogP contribution in [0.4, 0.5) is 22.1 Å². The number of aliphatic hydroxyl groups excluding tert-OH is 1. The molecule has 8 N–H and O–H groups in total. The van der Waals surface area contributed by atoms with E-state index in [9.17, 15) is 57.7 Å². The molecule has 2 saturated heterocycles. The first-order valence-corrected chi connectivity index (χ1v) is 46.5. The SMILES string of the molecule is COCCOCCOCCOCCOCCOCCOCCNC(=O)[C@H](CC(=O)C[C@H](C(=O)N[C@@H](C)C(=O)Nc1ccc(COC(=O)N(C)Cc2ccccc2C(=O)Nc2nc3c(ncn3[C@@H]3O[C@@H]4COP(O)(=S)O[C@H]5C[C@H](Oc6ccncn6)C[C@@H]5COP(=O)(S)O[C@@H]3[C@@H]4O)c(=O)[nH]2)cc1)C(C)C)NC(=O)CCC(=O)N1Cc2ccccc2C#Cc2ccccc21. The molecule has 1 saturated carbocycles. The number of para-hydroxylation sites is 1. The molecule has 0 radical (unpaired) electrons. The molecule has 11 rings (SSSR count). The van der Waals surface area contributed by atoms with Crippen molar-refractivity contribution in [3.63, 3.8) is 0 Å². The van der Waals surface area contributed by atoms with Crippen molar-refractivity contribution in [1.82, 2.24) is 50.3 Å². The first kappa shape index (κ1) is 97.7. The zero-order chi connectivity index (χ0) is 90.4. The molecule has 7 amide bonds. The lowest BCUT2D eigenvalue weighted by Gasteiger charge is -2.27. The number of hydrogen-bond acceptors (Lipinski definition) is 30. The van der Waals surface area contributed by atoms with Gasteiger partial charge in [-0.2, -0.15) is 4.98 Å². The molecule has 3 fully saturated rings. The fraction of sp³-hybridized carbons (Fsp3) is 0.488. The van der Waals surface area contributed by atoms with Crippen LogP contribution in [0.15, 0.2) is 127 Å². The molecule has 684 valence electrons. The highest BCUT2D eigenvalue weighted by Gasteiger charge is 2.51. The monoisotopic (exact) mass is 1840 g/mol.